The number of aromatic nitrogens is 12. The van der Waals surface area contributed by atoms with Gasteiger partial charge in [-0.1, -0.05) is 11.6 Å². The van der Waals surface area contributed by atoms with Crippen molar-refractivity contribution in [3.63, 3.8) is 0 Å². The number of aliphatic hydroxyl groups is 3. The summed E-state index contributed by atoms with van der Waals surface area (Å²) >= 11 is 6.10. The van der Waals surface area contributed by atoms with Crippen molar-refractivity contribution >= 4 is 105 Å². The molecule has 0 aromatic carbocycles. The highest BCUT2D eigenvalue weighted by atomic mass is 35.5. The summed E-state index contributed by atoms with van der Waals surface area (Å²) in [6.45, 7) is 10.5. The van der Waals surface area contributed by atoms with Crippen LogP contribution >= 0.6 is 11.6 Å². The fourth-order valence-corrected chi connectivity index (χ4v) is 12.9. The quantitative estimate of drug-likeness (QED) is 0.0415. The summed E-state index contributed by atoms with van der Waals surface area (Å²) in [6, 6.07) is 13.3. The molecule has 9 aromatic rings. The molecule has 9 aromatic heterocycles. The summed E-state index contributed by atoms with van der Waals surface area (Å²) in [5.74, 6) is 0.382. The van der Waals surface area contributed by atoms with Crippen LogP contribution in [0, 0.1) is 0 Å². The Morgan fingerprint density at radius 2 is 0.874 bits per heavy atom. The SMILES string of the molecule is CN(C(=O)OC(C)(C)C)c1cc(Cl)nc2c(C(=O)NC3CC[C@@H]3O)cnn12.CN(C(=O)OC(C)(C)C)c1cc(Nc2cccn(C3CC(F)C3)c2=O)nc2c(C(=O)NC3CC[C@@H]3O)cnn12.CNc1cc(Nc2cccn(C3CC(F)C3)c2=O)nc2c(C(=O)NC3CC[C@@H]3O)cnn12.Nc1cccn(C2CC(F)C2)c1=O. The van der Waals surface area contributed by atoms with Crippen molar-refractivity contribution in [2.45, 2.75) is 203 Å². The molecule has 9 heterocycles. The van der Waals surface area contributed by atoms with Crippen molar-refractivity contribution in [1.29, 1.82) is 0 Å². The van der Waals surface area contributed by atoms with E-state index in [1.165, 1.54) is 81.9 Å². The number of ether oxygens (including phenoxy) is 2. The number of nitrogens with two attached hydrogens (primary N) is 1. The number of nitrogen functional groups attached to an aromatic ring is 1. The summed E-state index contributed by atoms with van der Waals surface area (Å²) < 4.78 is 58.8. The molecule has 6 fully saturated rings. The molecule has 5 amide bonds. The van der Waals surface area contributed by atoms with Gasteiger partial charge in [0.1, 0.15) is 92.0 Å². The van der Waals surface area contributed by atoms with Crippen molar-refractivity contribution in [2.75, 3.05) is 52.6 Å². The van der Waals surface area contributed by atoms with Gasteiger partial charge in [-0.3, -0.25) is 38.6 Å². The topological polar surface area (TPSA) is 426 Å². The number of fused-ring (bicyclic) bond motifs is 3. The lowest BCUT2D eigenvalue weighted by molar-refractivity contribution is 0.0448. The predicted octanol–water partition coefficient (Wildman–Crippen LogP) is 7.65. The molecule has 11 N–H and O–H groups in total. The molecule has 0 saturated heterocycles. The Kier molecular flexibility index (Phi) is 23.2. The molecule has 592 valence electrons. The highest BCUT2D eigenvalue weighted by Crippen LogP contribution is 2.37. The molecule has 6 aliphatic rings. The Balaban J connectivity index is 0.000000145. The Hall–Kier alpha value is -11.2. The smallest absolute Gasteiger partial charge is 0.415 e. The maximum Gasteiger partial charge on any atom is 0.415 e. The van der Waals surface area contributed by atoms with Gasteiger partial charge in [0, 0.05) is 76.1 Å². The van der Waals surface area contributed by atoms with Crippen molar-refractivity contribution < 1.29 is 61.9 Å². The highest BCUT2D eigenvalue weighted by molar-refractivity contribution is 6.30. The van der Waals surface area contributed by atoms with Crippen molar-refractivity contribution in [3.05, 3.63) is 145 Å². The number of nitrogens with one attached hydrogen (secondary N) is 6. The number of aliphatic hydroxyl groups excluding tert-OH is 3. The normalized spacial score (nSPS) is 22.8. The molecule has 3 unspecified atom stereocenters. The first-order valence-electron chi connectivity index (χ1n) is 36.4. The molecule has 6 saturated carbocycles. The molecule has 0 spiro atoms. The van der Waals surface area contributed by atoms with E-state index < -0.39 is 72.0 Å². The summed E-state index contributed by atoms with van der Waals surface area (Å²) in [4.78, 5) is 117. The van der Waals surface area contributed by atoms with Gasteiger partial charge in [-0.15, -0.1) is 0 Å². The van der Waals surface area contributed by atoms with E-state index in [1.807, 2.05) is 0 Å². The third kappa shape index (κ3) is 17.7. The van der Waals surface area contributed by atoms with Gasteiger partial charge < -0.3 is 76.1 Å². The number of carbonyl (C=O) groups is 5. The second-order valence-corrected chi connectivity index (χ2v) is 30.6. The molecule has 111 heavy (non-hydrogen) atoms. The third-order valence-corrected chi connectivity index (χ3v) is 20.0. The molecule has 34 nitrogen and oxygen atoms in total. The van der Waals surface area contributed by atoms with E-state index in [2.05, 4.69) is 62.1 Å². The average Bonchev–Trinajstić information content (AvgIpc) is 1.67. The Labute approximate surface area is 637 Å². The molecule has 0 radical (unpaired) electrons. The van der Waals surface area contributed by atoms with Crippen molar-refractivity contribution in [2.24, 2.45) is 0 Å². The van der Waals surface area contributed by atoms with Crippen LogP contribution < -0.4 is 64.1 Å². The minimum atomic E-state index is -0.916. The molecule has 38 heteroatoms. The zero-order valence-electron chi connectivity index (χ0n) is 62.3. The number of nitrogens with zero attached hydrogens (tertiary/aromatic N) is 14. The first-order chi connectivity index (χ1) is 52.6. The van der Waals surface area contributed by atoms with E-state index >= 15 is 0 Å². The number of alkyl halides is 3. The van der Waals surface area contributed by atoms with Crippen LogP contribution in [0.3, 0.4) is 0 Å². The Morgan fingerprint density at radius 3 is 1.23 bits per heavy atom. The van der Waals surface area contributed by atoms with Gasteiger partial charge >= 0.3 is 12.2 Å². The van der Waals surface area contributed by atoms with Crippen LogP contribution in [0.1, 0.15) is 168 Å². The first-order valence-corrected chi connectivity index (χ1v) is 36.7. The van der Waals surface area contributed by atoms with Gasteiger partial charge in [0.15, 0.2) is 16.9 Å². The van der Waals surface area contributed by atoms with Crippen LogP contribution in [0.4, 0.5) is 68.9 Å². The number of pyridine rings is 3. The number of hydrogen-bond donors (Lipinski definition) is 10. The summed E-state index contributed by atoms with van der Waals surface area (Å²) in [5, 5.41) is 59.5. The number of hydrogen-bond acceptors (Lipinski definition) is 23. The van der Waals surface area contributed by atoms with E-state index in [0.29, 0.717) is 86.6 Å². The van der Waals surface area contributed by atoms with E-state index in [4.69, 9.17) is 26.8 Å². The van der Waals surface area contributed by atoms with E-state index in [0.717, 1.165) is 6.42 Å². The fourth-order valence-electron chi connectivity index (χ4n) is 12.8. The fraction of sp³-hybridized carbons (Fsp3) is 0.479. The summed E-state index contributed by atoms with van der Waals surface area (Å²) in [7, 11) is 4.73. The predicted molar refractivity (Wildman–Crippen MR) is 405 cm³/mol. The monoisotopic (exact) mass is 1560 g/mol. The first kappa shape index (κ1) is 79.4. The van der Waals surface area contributed by atoms with Crippen molar-refractivity contribution in [3.8, 4) is 0 Å². The Bertz CT molecular complexity index is 5170. The zero-order chi connectivity index (χ0) is 79.8. The molecule has 0 bridgehead atoms. The number of carbonyl (C=O) groups excluding carboxylic acids is 5. The number of amides is 5. The van der Waals surface area contributed by atoms with Gasteiger partial charge in [0.25, 0.3) is 34.4 Å². The second kappa shape index (κ2) is 32.4. The Morgan fingerprint density at radius 1 is 0.523 bits per heavy atom. The average molecular weight is 1560 g/mol. The summed E-state index contributed by atoms with van der Waals surface area (Å²) in [5.41, 5.74) is 5.18. The standard InChI is InChI=1S/C26H32FN7O5.C21H24FN7O3.C17H22ClN5O4.C9H11FN2O/c1-26(2,3)39-25(38)32(4)21-12-20(29-18-6-5-9-33(24(18)37)15-10-14(27)11-15)31-22-16(13-28-34(21)22)23(36)30-17-7-8-19(17)35;1-23-18-9-17(25-15-3-2-6-28(21(15)32)12-7-11(22)8-12)27-19-13(10-24-29(18)19)20(31)26-14-4-5-16(14)30;1-17(2,3)27-16(26)22(4)13-7-12(18)21-14-9(8-19-23(13)14)15(25)20-10-5-6-11(10)24;10-6-4-7(5-6)12-3-1-2-8(11)9(12)13/h5-6,9,12-15,17,19,35H,7-8,10-11H2,1-4H3,(H,29,31)(H,30,36);2-3,6,9-12,14,16,23,30H,4-5,7-8H2,1H3,(H,25,27)(H,26,31);7-8,10-11,24H,5-6H2,1-4H3,(H,20,25);1-3,6-7H,4-5,11H2/t14?,15?,17?,19-;11?,12?,14?,16-;10?,11-;/m000./s1. The van der Waals surface area contributed by atoms with Crippen LogP contribution in [-0.2, 0) is 9.47 Å². The zero-order valence-corrected chi connectivity index (χ0v) is 63.1. The maximum absolute atomic E-state index is 13.4. The van der Waals surface area contributed by atoms with Gasteiger partial charge in [0.05, 0.1) is 60.7 Å². The molecule has 6 atom stereocenters. The van der Waals surface area contributed by atoms with Crippen LogP contribution in [0.25, 0.3) is 16.9 Å². The van der Waals surface area contributed by atoms with Crippen LogP contribution in [0.5, 0.6) is 0 Å². The third-order valence-electron chi connectivity index (χ3n) is 19.8. The van der Waals surface area contributed by atoms with E-state index in [1.54, 1.807) is 110 Å². The lowest BCUT2D eigenvalue weighted by Crippen LogP contribution is -2.50. The van der Waals surface area contributed by atoms with Crippen LogP contribution in [-0.4, -0.2) is 190 Å². The number of rotatable bonds is 16. The molecular formula is C73H89ClF3N21O13. The maximum atomic E-state index is 13.4. The van der Waals surface area contributed by atoms with Crippen LogP contribution in [0.15, 0.2) is 106 Å². The van der Waals surface area contributed by atoms with Gasteiger partial charge in [0.2, 0.25) is 0 Å². The van der Waals surface area contributed by atoms with Crippen molar-refractivity contribution in [1.82, 2.24) is 73.4 Å². The van der Waals surface area contributed by atoms with E-state index in [-0.39, 0.29) is 128 Å². The van der Waals surface area contributed by atoms with E-state index in [9.17, 15) is 66.8 Å². The lowest BCUT2D eigenvalue weighted by Gasteiger charge is -2.32. The lowest BCUT2D eigenvalue weighted by atomic mass is 9.89. The van der Waals surface area contributed by atoms with Gasteiger partial charge in [-0.05, 0) is 155 Å². The highest BCUT2D eigenvalue weighted by Gasteiger charge is 2.38. The molecule has 0 aliphatic heterocycles. The summed E-state index contributed by atoms with van der Waals surface area (Å²) in [6.07, 6.45) is 9.70. The molecule has 15 rings (SSSR count). The number of anilines is 8. The minimum absolute atomic E-state index is 0.00556. The van der Waals surface area contributed by atoms with Crippen LogP contribution in [0.2, 0.25) is 5.15 Å². The van der Waals surface area contributed by atoms with Gasteiger partial charge in [-0.25, -0.2) is 37.7 Å². The molecular weight excluding hydrogens is 1470 g/mol. The minimum Gasteiger partial charge on any atom is -0.443 e. The molecule has 6 aliphatic carbocycles. The second-order valence-electron chi connectivity index (χ2n) is 30.2. The number of halogens is 4. The van der Waals surface area contributed by atoms with Gasteiger partial charge in [-0.2, -0.15) is 28.8 Å². The largest absolute Gasteiger partial charge is 0.443 e.